The normalized spacial score (nSPS) is 17.0. The van der Waals surface area contributed by atoms with Crippen LogP contribution in [0.5, 0.6) is 5.75 Å². The maximum absolute atomic E-state index is 15.0. The number of para-hydroxylation sites is 1. The molecule has 3 aromatic rings. The van der Waals surface area contributed by atoms with Gasteiger partial charge in [0.1, 0.15) is 16.5 Å². The standard InChI is InChI=1S/C33H41FN2O5S/c1-7-32-36(42(38,39)31-12-10-9-11-30(31)41-32)21-26-18-24(14-13-22(26)3)28(20-33(37)40-8-2)27-19-25(15-16-35(5)6)29(34)17-23(27)4/h9-14,17-19,28,32H,7-8,15-16,20-21H2,1-6H3/t28?,32-/m1/s1. The van der Waals surface area contributed by atoms with E-state index < -0.39 is 22.2 Å². The second-order valence-electron chi connectivity index (χ2n) is 11.1. The largest absolute Gasteiger partial charge is 0.473 e. The number of halogens is 1. The fourth-order valence-electron chi connectivity index (χ4n) is 5.41. The lowest BCUT2D eigenvalue weighted by Gasteiger charge is -2.36. The number of rotatable bonds is 11. The van der Waals surface area contributed by atoms with Crippen LogP contribution in [-0.4, -0.2) is 57.1 Å². The van der Waals surface area contributed by atoms with E-state index in [1.54, 1.807) is 31.2 Å². The molecule has 0 fully saturated rings. The summed E-state index contributed by atoms with van der Waals surface area (Å²) in [7, 11) is 0.0756. The Morgan fingerprint density at radius 3 is 2.48 bits per heavy atom. The number of likely N-dealkylation sites (N-methyl/N-ethyl adjacent to an activating group) is 1. The van der Waals surface area contributed by atoms with Crippen LogP contribution < -0.4 is 4.74 Å². The zero-order valence-corrected chi connectivity index (χ0v) is 26.1. The molecule has 0 spiro atoms. The minimum absolute atomic E-state index is 0.0754. The SMILES string of the molecule is CCOC(=O)CC(c1ccc(C)c(CN2[C@@H](CC)Oc3ccccc3S2(=O)=O)c1)c1cc(CCN(C)C)c(F)cc1C. The first-order valence-electron chi connectivity index (χ1n) is 14.4. The molecule has 226 valence electrons. The first kappa shape index (κ1) is 31.7. The fourth-order valence-corrected chi connectivity index (χ4v) is 7.09. The van der Waals surface area contributed by atoms with E-state index in [-0.39, 0.29) is 36.3 Å². The van der Waals surface area contributed by atoms with Gasteiger partial charge in [-0.3, -0.25) is 4.79 Å². The van der Waals surface area contributed by atoms with E-state index in [1.165, 1.54) is 10.4 Å². The maximum Gasteiger partial charge on any atom is 0.306 e. The molecule has 0 saturated carbocycles. The average Bonchev–Trinajstić information content (AvgIpc) is 2.94. The van der Waals surface area contributed by atoms with Crippen molar-refractivity contribution in [3.05, 3.63) is 93.8 Å². The second kappa shape index (κ2) is 13.4. The lowest BCUT2D eigenvalue weighted by Crippen LogP contribution is -2.46. The topological polar surface area (TPSA) is 76.1 Å². The zero-order valence-electron chi connectivity index (χ0n) is 25.3. The van der Waals surface area contributed by atoms with Crippen molar-refractivity contribution >= 4 is 16.0 Å². The Labute approximate surface area is 249 Å². The van der Waals surface area contributed by atoms with Gasteiger partial charge in [-0.15, -0.1) is 0 Å². The number of carbonyl (C=O) groups is 1. The van der Waals surface area contributed by atoms with Gasteiger partial charge in [0.05, 0.1) is 13.0 Å². The molecule has 0 radical (unpaired) electrons. The van der Waals surface area contributed by atoms with Crippen LogP contribution in [0.3, 0.4) is 0 Å². The van der Waals surface area contributed by atoms with Gasteiger partial charge in [0, 0.05) is 19.0 Å². The van der Waals surface area contributed by atoms with E-state index in [9.17, 15) is 17.6 Å². The van der Waals surface area contributed by atoms with E-state index in [4.69, 9.17) is 9.47 Å². The van der Waals surface area contributed by atoms with Gasteiger partial charge in [-0.25, -0.2) is 12.8 Å². The number of carbonyl (C=O) groups excluding carboxylic acids is 1. The molecule has 0 bridgehead atoms. The van der Waals surface area contributed by atoms with Crippen LogP contribution in [-0.2, 0) is 32.5 Å². The minimum atomic E-state index is -3.81. The molecule has 3 aromatic carbocycles. The highest BCUT2D eigenvalue weighted by molar-refractivity contribution is 7.89. The zero-order chi connectivity index (χ0) is 30.6. The van der Waals surface area contributed by atoms with E-state index in [1.807, 2.05) is 64.0 Å². The Morgan fingerprint density at radius 2 is 1.79 bits per heavy atom. The second-order valence-corrected chi connectivity index (χ2v) is 12.9. The van der Waals surface area contributed by atoms with Crippen LogP contribution in [0.25, 0.3) is 0 Å². The molecule has 1 aliphatic rings. The molecule has 0 amide bonds. The maximum atomic E-state index is 15.0. The molecule has 2 atom stereocenters. The first-order chi connectivity index (χ1) is 20.0. The molecule has 0 N–H and O–H groups in total. The molecular formula is C33H41FN2O5S. The predicted octanol–water partition coefficient (Wildman–Crippen LogP) is 5.95. The van der Waals surface area contributed by atoms with Crippen molar-refractivity contribution in [2.45, 2.75) is 70.5 Å². The number of fused-ring (bicyclic) bond motifs is 1. The van der Waals surface area contributed by atoms with Gasteiger partial charge < -0.3 is 14.4 Å². The summed E-state index contributed by atoms with van der Waals surface area (Å²) in [5, 5.41) is 0. The summed E-state index contributed by atoms with van der Waals surface area (Å²) < 4.78 is 55.2. The highest BCUT2D eigenvalue weighted by atomic mass is 32.2. The quantitative estimate of drug-likeness (QED) is 0.255. The summed E-state index contributed by atoms with van der Waals surface area (Å²) >= 11 is 0. The Morgan fingerprint density at radius 1 is 1.05 bits per heavy atom. The third-order valence-corrected chi connectivity index (χ3v) is 9.66. The van der Waals surface area contributed by atoms with Crippen molar-refractivity contribution in [1.29, 1.82) is 0 Å². The lowest BCUT2D eigenvalue weighted by atomic mass is 9.83. The van der Waals surface area contributed by atoms with Crippen molar-refractivity contribution < 1.29 is 27.1 Å². The first-order valence-corrected chi connectivity index (χ1v) is 15.9. The number of hydrogen-bond donors (Lipinski definition) is 0. The molecule has 1 aliphatic heterocycles. The Bertz CT molecular complexity index is 1540. The molecular weight excluding hydrogens is 555 g/mol. The monoisotopic (exact) mass is 596 g/mol. The summed E-state index contributed by atoms with van der Waals surface area (Å²) in [6.07, 6.45) is 0.431. The number of benzene rings is 3. The molecule has 1 unspecified atom stereocenters. The average molecular weight is 597 g/mol. The Hall–Kier alpha value is -3.27. The smallest absolute Gasteiger partial charge is 0.306 e. The lowest BCUT2D eigenvalue weighted by molar-refractivity contribution is -0.143. The Kier molecular flexibility index (Phi) is 10.1. The van der Waals surface area contributed by atoms with Crippen LogP contribution in [0.4, 0.5) is 4.39 Å². The molecule has 1 heterocycles. The van der Waals surface area contributed by atoms with Gasteiger partial charge in [0.15, 0.2) is 6.23 Å². The number of ether oxygens (including phenoxy) is 2. The van der Waals surface area contributed by atoms with Crippen molar-refractivity contribution in [3.63, 3.8) is 0 Å². The van der Waals surface area contributed by atoms with Gasteiger partial charge in [-0.2, -0.15) is 4.31 Å². The molecule has 0 aromatic heterocycles. The predicted molar refractivity (Wildman–Crippen MR) is 162 cm³/mol. The molecule has 0 aliphatic carbocycles. The fraction of sp³-hybridized carbons (Fsp3) is 0.424. The summed E-state index contributed by atoms with van der Waals surface area (Å²) in [4.78, 5) is 15.0. The highest BCUT2D eigenvalue weighted by Gasteiger charge is 2.39. The third kappa shape index (κ3) is 6.85. The van der Waals surface area contributed by atoms with Crippen molar-refractivity contribution in [2.75, 3.05) is 27.2 Å². The van der Waals surface area contributed by atoms with Crippen molar-refractivity contribution in [3.8, 4) is 5.75 Å². The summed E-state index contributed by atoms with van der Waals surface area (Å²) in [6.45, 7) is 8.50. The van der Waals surface area contributed by atoms with Crippen molar-refractivity contribution in [1.82, 2.24) is 9.21 Å². The number of nitrogens with zero attached hydrogens (tertiary/aromatic N) is 2. The van der Waals surface area contributed by atoms with Gasteiger partial charge in [0.2, 0.25) is 10.0 Å². The highest BCUT2D eigenvalue weighted by Crippen LogP contribution is 2.38. The molecule has 7 nitrogen and oxygen atoms in total. The molecule has 9 heteroatoms. The van der Waals surface area contributed by atoms with E-state index in [0.29, 0.717) is 30.7 Å². The van der Waals surface area contributed by atoms with Crippen LogP contribution >= 0.6 is 0 Å². The number of hydrogen-bond acceptors (Lipinski definition) is 6. The molecule has 42 heavy (non-hydrogen) atoms. The summed E-state index contributed by atoms with van der Waals surface area (Å²) in [6, 6.07) is 16.0. The van der Waals surface area contributed by atoms with Gasteiger partial charge in [0.25, 0.3) is 0 Å². The van der Waals surface area contributed by atoms with E-state index in [2.05, 4.69) is 0 Å². The van der Waals surface area contributed by atoms with Crippen LogP contribution in [0, 0.1) is 19.7 Å². The molecule has 0 saturated heterocycles. The van der Waals surface area contributed by atoms with Gasteiger partial charge in [-0.1, -0.05) is 43.3 Å². The van der Waals surface area contributed by atoms with E-state index >= 15 is 0 Å². The van der Waals surface area contributed by atoms with Gasteiger partial charge in [-0.05, 0) is 99.3 Å². The number of sulfonamides is 1. The van der Waals surface area contributed by atoms with Crippen LogP contribution in [0.2, 0.25) is 0 Å². The van der Waals surface area contributed by atoms with E-state index in [0.717, 1.165) is 27.8 Å². The number of esters is 1. The summed E-state index contributed by atoms with van der Waals surface area (Å²) in [5.41, 5.74) is 4.74. The minimum Gasteiger partial charge on any atom is -0.473 e. The third-order valence-electron chi connectivity index (χ3n) is 7.79. The molecule has 4 rings (SSSR count). The summed E-state index contributed by atoms with van der Waals surface area (Å²) in [5.74, 6) is -0.659. The van der Waals surface area contributed by atoms with Crippen LogP contribution in [0.15, 0.2) is 59.5 Å². The Balaban J connectivity index is 1.77. The van der Waals surface area contributed by atoms with Crippen LogP contribution in [0.1, 0.15) is 66.0 Å². The number of aryl methyl sites for hydroxylation is 2. The van der Waals surface area contributed by atoms with Crippen molar-refractivity contribution in [2.24, 2.45) is 0 Å². The van der Waals surface area contributed by atoms with Gasteiger partial charge >= 0.3 is 5.97 Å².